The van der Waals surface area contributed by atoms with Crippen LogP contribution in [0.15, 0.2) is 0 Å². The first-order valence-electron chi connectivity index (χ1n) is 4.49. The molecular formula is C8H15ClF2N2O. The van der Waals surface area contributed by atoms with Crippen LogP contribution in [0.5, 0.6) is 0 Å². The molecule has 1 saturated heterocycles. The number of halogens is 3. The molecule has 3 nitrogen and oxygen atoms in total. The molecule has 1 aliphatic rings. The molecule has 1 rings (SSSR count). The zero-order valence-electron chi connectivity index (χ0n) is 7.76. The summed E-state index contributed by atoms with van der Waals surface area (Å²) in [5.41, 5.74) is 0. The molecule has 0 aromatic heterocycles. The molecule has 84 valence electrons. The van der Waals surface area contributed by atoms with Crippen molar-refractivity contribution < 1.29 is 13.6 Å². The number of piperidine rings is 1. The monoisotopic (exact) mass is 228 g/mol. The van der Waals surface area contributed by atoms with Gasteiger partial charge >= 0.3 is 0 Å². The Kier molecular flexibility index (Phi) is 6.74. The van der Waals surface area contributed by atoms with Crippen LogP contribution in [0.3, 0.4) is 0 Å². The average molecular weight is 229 g/mol. The minimum atomic E-state index is -2.47. The average Bonchev–Trinajstić information content (AvgIpc) is 2.15. The van der Waals surface area contributed by atoms with E-state index in [1.807, 2.05) is 0 Å². The molecular weight excluding hydrogens is 214 g/mol. The third-order valence-electron chi connectivity index (χ3n) is 2.06. The van der Waals surface area contributed by atoms with Gasteiger partial charge in [-0.05, 0) is 19.4 Å². The fraction of sp³-hybridized carbons (Fsp3) is 0.875. The van der Waals surface area contributed by atoms with E-state index >= 15 is 0 Å². The molecule has 2 N–H and O–H groups in total. The highest BCUT2D eigenvalue weighted by Gasteiger charge is 2.20. The quantitative estimate of drug-likeness (QED) is 0.755. The van der Waals surface area contributed by atoms with Crippen molar-refractivity contribution in [1.82, 2.24) is 10.6 Å². The van der Waals surface area contributed by atoms with Gasteiger partial charge in [0.25, 0.3) is 6.43 Å². The third-order valence-corrected chi connectivity index (χ3v) is 2.06. The largest absolute Gasteiger partial charge is 0.349 e. The first-order chi connectivity index (χ1) is 6.20. The second-order valence-corrected chi connectivity index (χ2v) is 3.14. The number of alkyl halides is 2. The number of hydrogen-bond acceptors (Lipinski definition) is 2. The Morgan fingerprint density at radius 3 is 2.71 bits per heavy atom. The van der Waals surface area contributed by atoms with Crippen molar-refractivity contribution in [3.8, 4) is 0 Å². The summed E-state index contributed by atoms with van der Waals surface area (Å²) in [7, 11) is 0. The maximum absolute atomic E-state index is 11.7. The number of amides is 1. The van der Waals surface area contributed by atoms with Crippen LogP contribution in [-0.2, 0) is 4.79 Å². The topological polar surface area (TPSA) is 41.1 Å². The molecule has 14 heavy (non-hydrogen) atoms. The van der Waals surface area contributed by atoms with Gasteiger partial charge in [-0.1, -0.05) is 6.42 Å². The predicted octanol–water partition coefficient (Wildman–Crippen LogP) is 0.932. The minimum absolute atomic E-state index is 0. The van der Waals surface area contributed by atoms with Gasteiger partial charge in [0.15, 0.2) is 0 Å². The summed E-state index contributed by atoms with van der Waals surface area (Å²) in [6.07, 6.45) is 0.320. The fourth-order valence-electron chi connectivity index (χ4n) is 1.38. The molecule has 0 bridgehead atoms. The number of rotatable bonds is 3. The lowest BCUT2D eigenvalue weighted by molar-refractivity contribution is -0.124. The highest BCUT2D eigenvalue weighted by molar-refractivity contribution is 5.85. The molecule has 1 atom stereocenters. The summed E-state index contributed by atoms with van der Waals surface area (Å²) < 4.78 is 23.5. The second-order valence-electron chi connectivity index (χ2n) is 3.14. The van der Waals surface area contributed by atoms with Crippen LogP contribution in [0, 0.1) is 0 Å². The number of hydrogen-bond donors (Lipinski definition) is 2. The smallest absolute Gasteiger partial charge is 0.255 e. The first kappa shape index (κ1) is 13.6. The van der Waals surface area contributed by atoms with Gasteiger partial charge < -0.3 is 10.6 Å². The fourth-order valence-corrected chi connectivity index (χ4v) is 1.38. The van der Waals surface area contributed by atoms with E-state index in [9.17, 15) is 13.6 Å². The Balaban J connectivity index is 0.00000169. The Bertz CT molecular complexity index is 175. The summed E-state index contributed by atoms with van der Waals surface area (Å²) in [5.74, 6) is -0.306. The predicted molar refractivity (Wildman–Crippen MR) is 51.9 cm³/mol. The SMILES string of the molecule is Cl.O=C(NCC(F)F)C1CCCCN1. The van der Waals surface area contributed by atoms with Crippen molar-refractivity contribution in [2.45, 2.75) is 31.7 Å². The van der Waals surface area contributed by atoms with Gasteiger partial charge in [0.1, 0.15) is 0 Å². The van der Waals surface area contributed by atoms with E-state index < -0.39 is 13.0 Å². The molecule has 0 aromatic rings. The van der Waals surface area contributed by atoms with Crippen molar-refractivity contribution in [2.75, 3.05) is 13.1 Å². The summed E-state index contributed by atoms with van der Waals surface area (Å²) in [5, 5.41) is 5.19. The van der Waals surface area contributed by atoms with E-state index in [1.165, 1.54) is 0 Å². The molecule has 0 spiro atoms. The van der Waals surface area contributed by atoms with Crippen LogP contribution < -0.4 is 10.6 Å². The lowest BCUT2D eigenvalue weighted by Crippen LogP contribution is -2.47. The third kappa shape index (κ3) is 4.72. The summed E-state index contributed by atoms with van der Waals surface area (Å²) in [4.78, 5) is 11.2. The highest BCUT2D eigenvalue weighted by Crippen LogP contribution is 2.06. The first-order valence-corrected chi connectivity index (χ1v) is 4.49. The van der Waals surface area contributed by atoms with E-state index in [1.54, 1.807) is 0 Å². The van der Waals surface area contributed by atoms with Crippen molar-refractivity contribution >= 4 is 18.3 Å². The minimum Gasteiger partial charge on any atom is -0.349 e. The van der Waals surface area contributed by atoms with Crippen LogP contribution >= 0.6 is 12.4 Å². The Morgan fingerprint density at radius 2 is 2.21 bits per heavy atom. The summed E-state index contributed by atoms with van der Waals surface area (Å²) >= 11 is 0. The highest BCUT2D eigenvalue weighted by atomic mass is 35.5. The molecule has 0 radical (unpaired) electrons. The van der Waals surface area contributed by atoms with Crippen LogP contribution in [-0.4, -0.2) is 31.5 Å². The van der Waals surface area contributed by atoms with Crippen molar-refractivity contribution in [3.63, 3.8) is 0 Å². The second kappa shape index (κ2) is 6.95. The molecule has 1 unspecified atom stereocenters. The van der Waals surface area contributed by atoms with Crippen molar-refractivity contribution in [3.05, 3.63) is 0 Å². The summed E-state index contributed by atoms with van der Waals surface area (Å²) in [6.45, 7) is 0.254. The van der Waals surface area contributed by atoms with E-state index in [2.05, 4.69) is 10.6 Å². The standard InChI is InChI=1S/C8H14F2N2O.ClH/c9-7(10)5-12-8(13)6-3-1-2-4-11-6;/h6-7,11H,1-5H2,(H,12,13);1H. The Morgan fingerprint density at radius 1 is 1.50 bits per heavy atom. The van der Waals surface area contributed by atoms with Gasteiger partial charge in [-0.15, -0.1) is 12.4 Å². The van der Waals surface area contributed by atoms with Gasteiger partial charge in [0.2, 0.25) is 5.91 Å². The van der Waals surface area contributed by atoms with Gasteiger partial charge in [-0.3, -0.25) is 4.79 Å². The normalized spacial score (nSPS) is 21.5. The molecule has 1 fully saturated rings. The zero-order valence-corrected chi connectivity index (χ0v) is 8.58. The van der Waals surface area contributed by atoms with Gasteiger partial charge in [-0.2, -0.15) is 0 Å². The van der Waals surface area contributed by atoms with Gasteiger partial charge in [0, 0.05) is 0 Å². The van der Waals surface area contributed by atoms with Gasteiger partial charge in [-0.25, -0.2) is 8.78 Å². The molecule has 6 heteroatoms. The molecule has 1 aliphatic heterocycles. The molecule has 0 aromatic carbocycles. The van der Waals surface area contributed by atoms with E-state index in [0.717, 1.165) is 25.8 Å². The molecule has 0 saturated carbocycles. The zero-order chi connectivity index (χ0) is 9.68. The molecule has 1 heterocycles. The summed E-state index contributed by atoms with van der Waals surface area (Å²) in [6, 6.07) is -0.271. The lowest BCUT2D eigenvalue weighted by Gasteiger charge is -2.22. The van der Waals surface area contributed by atoms with E-state index in [-0.39, 0.29) is 24.4 Å². The van der Waals surface area contributed by atoms with Crippen LogP contribution in [0.4, 0.5) is 8.78 Å². The lowest BCUT2D eigenvalue weighted by atomic mass is 10.0. The Labute approximate surface area is 88.0 Å². The number of nitrogens with one attached hydrogen (secondary N) is 2. The molecule has 0 aliphatic carbocycles. The number of carbonyl (C=O) groups is 1. The van der Waals surface area contributed by atoms with Crippen molar-refractivity contribution in [1.29, 1.82) is 0 Å². The van der Waals surface area contributed by atoms with Crippen LogP contribution in [0.2, 0.25) is 0 Å². The Hall–Kier alpha value is -0.420. The maximum Gasteiger partial charge on any atom is 0.255 e. The number of carbonyl (C=O) groups excluding carboxylic acids is 1. The van der Waals surface area contributed by atoms with Gasteiger partial charge in [0.05, 0.1) is 12.6 Å². The van der Waals surface area contributed by atoms with Crippen LogP contribution in [0.25, 0.3) is 0 Å². The van der Waals surface area contributed by atoms with E-state index in [4.69, 9.17) is 0 Å². The van der Waals surface area contributed by atoms with Crippen LogP contribution in [0.1, 0.15) is 19.3 Å². The molecule has 1 amide bonds. The van der Waals surface area contributed by atoms with Crippen molar-refractivity contribution in [2.24, 2.45) is 0 Å². The van der Waals surface area contributed by atoms with E-state index in [0.29, 0.717) is 0 Å². The maximum atomic E-state index is 11.7.